The predicted octanol–water partition coefficient (Wildman–Crippen LogP) is 2.18. The average Bonchev–Trinajstić information content (AvgIpc) is 2.88. The van der Waals surface area contributed by atoms with Gasteiger partial charge in [0.25, 0.3) is 0 Å². The van der Waals surface area contributed by atoms with Crippen LogP contribution < -0.4 is 9.46 Å². The summed E-state index contributed by atoms with van der Waals surface area (Å²) in [5, 5.41) is 3.57. The summed E-state index contributed by atoms with van der Waals surface area (Å²) < 4.78 is 36.3. The van der Waals surface area contributed by atoms with Gasteiger partial charge >= 0.3 is 0 Å². The fraction of sp³-hybridized carbons (Fsp3) is 0.154. The lowest BCUT2D eigenvalue weighted by Gasteiger charge is -2.08. The summed E-state index contributed by atoms with van der Waals surface area (Å²) in [7, 11) is -3.54. The molecule has 0 bridgehead atoms. The molecule has 0 saturated carbocycles. The van der Waals surface area contributed by atoms with Crippen LogP contribution in [0.2, 0.25) is 0 Å². The van der Waals surface area contributed by atoms with E-state index in [1.54, 1.807) is 30.3 Å². The van der Waals surface area contributed by atoms with Crippen molar-refractivity contribution in [2.45, 2.75) is 5.75 Å². The normalized spacial score (nSPS) is 11.0. The zero-order valence-electron chi connectivity index (χ0n) is 10.7. The van der Waals surface area contributed by atoms with Gasteiger partial charge in [-0.25, -0.2) is 8.42 Å². The number of hydrogen-bond donors (Lipinski definition) is 1. The third kappa shape index (κ3) is 4.13. The zero-order chi connectivity index (χ0) is 14.4. The Morgan fingerprint density at radius 2 is 2.25 bits per heavy atom. The summed E-state index contributed by atoms with van der Waals surface area (Å²) in [6, 6.07) is 8.18. The number of nitrogens with one attached hydrogen (secondary N) is 1. The summed E-state index contributed by atoms with van der Waals surface area (Å²) in [5.74, 6) is 0.313. The molecule has 0 aliphatic carbocycles. The lowest BCUT2D eigenvalue weighted by Crippen LogP contribution is -2.15. The highest BCUT2D eigenvalue weighted by atomic mass is 32.2. The van der Waals surface area contributed by atoms with E-state index in [-0.39, 0.29) is 5.75 Å². The van der Waals surface area contributed by atoms with Gasteiger partial charge in [0.05, 0.1) is 5.69 Å². The quantitative estimate of drug-likeness (QED) is 0.791. The van der Waals surface area contributed by atoms with E-state index in [0.29, 0.717) is 23.7 Å². The SMILES string of the molecule is C=CCOc1cccc(NS(=O)(=O)Cc2ccon2)c1. The monoisotopic (exact) mass is 294 g/mol. The number of aromatic nitrogens is 1. The maximum absolute atomic E-state index is 11.9. The number of anilines is 1. The topological polar surface area (TPSA) is 81.4 Å². The minimum absolute atomic E-state index is 0.249. The standard InChI is InChI=1S/C13H14N2O4S/c1-2-7-18-13-5-3-4-11(9-13)15-20(16,17)10-12-6-8-19-14-12/h2-6,8-9,15H,1,7,10H2. The van der Waals surface area contributed by atoms with Gasteiger partial charge in [-0.05, 0) is 12.1 Å². The Bertz CT molecular complexity index is 665. The average molecular weight is 294 g/mol. The van der Waals surface area contributed by atoms with Crippen LogP contribution >= 0.6 is 0 Å². The van der Waals surface area contributed by atoms with E-state index in [0.717, 1.165) is 0 Å². The first-order valence-corrected chi connectivity index (χ1v) is 7.48. The van der Waals surface area contributed by atoms with E-state index in [2.05, 4.69) is 21.0 Å². The molecule has 106 valence electrons. The van der Waals surface area contributed by atoms with Gasteiger partial charge < -0.3 is 9.26 Å². The largest absolute Gasteiger partial charge is 0.489 e. The molecule has 1 aromatic heterocycles. The Hall–Kier alpha value is -2.28. The summed E-state index contributed by atoms with van der Waals surface area (Å²) >= 11 is 0. The number of benzene rings is 1. The summed E-state index contributed by atoms with van der Waals surface area (Å²) in [5.41, 5.74) is 0.770. The molecule has 0 amide bonds. The van der Waals surface area contributed by atoms with E-state index in [1.807, 2.05) is 0 Å². The van der Waals surface area contributed by atoms with Crippen molar-refractivity contribution < 1.29 is 17.7 Å². The van der Waals surface area contributed by atoms with Crippen molar-refractivity contribution in [2.75, 3.05) is 11.3 Å². The van der Waals surface area contributed by atoms with Crippen LogP contribution in [0.1, 0.15) is 5.69 Å². The van der Waals surface area contributed by atoms with Crippen LogP contribution in [0.25, 0.3) is 0 Å². The molecule has 0 unspecified atom stereocenters. The second-order valence-corrected chi connectivity index (χ2v) is 5.70. The third-order valence-electron chi connectivity index (χ3n) is 2.30. The highest BCUT2D eigenvalue weighted by molar-refractivity contribution is 7.91. The summed E-state index contributed by atoms with van der Waals surface area (Å²) in [6.07, 6.45) is 2.94. The molecule has 1 aromatic carbocycles. The molecule has 0 spiro atoms. The van der Waals surface area contributed by atoms with E-state index >= 15 is 0 Å². The molecule has 6 nitrogen and oxygen atoms in total. The first-order chi connectivity index (χ1) is 9.59. The van der Waals surface area contributed by atoms with Gasteiger partial charge in [-0.2, -0.15) is 0 Å². The Kier molecular flexibility index (Phi) is 4.41. The van der Waals surface area contributed by atoms with Crippen molar-refractivity contribution in [2.24, 2.45) is 0 Å². The Morgan fingerprint density at radius 1 is 1.40 bits per heavy atom. The first kappa shape index (κ1) is 14.1. The zero-order valence-corrected chi connectivity index (χ0v) is 11.5. The minimum atomic E-state index is -3.54. The number of hydrogen-bond acceptors (Lipinski definition) is 5. The molecule has 2 rings (SSSR count). The van der Waals surface area contributed by atoms with Crippen molar-refractivity contribution in [3.05, 3.63) is 54.9 Å². The maximum Gasteiger partial charge on any atom is 0.238 e. The summed E-state index contributed by atoms with van der Waals surface area (Å²) in [4.78, 5) is 0. The fourth-order valence-corrected chi connectivity index (χ4v) is 2.62. The van der Waals surface area contributed by atoms with Gasteiger partial charge in [0, 0.05) is 12.1 Å². The lowest BCUT2D eigenvalue weighted by atomic mass is 10.3. The fourth-order valence-electron chi connectivity index (χ4n) is 1.53. The van der Waals surface area contributed by atoms with Crippen LogP contribution in [0.15, 0.2) is 53.8 Å². The molecular formula is C13H14N2O4S. The van der Waals surface area contributed by atoms with Crippen molar-refractivity contribution in [3.63, 3.8) is 0 Å². The highest BCUT2D eigenvalue weighted by Crippen LogP contribution is 2.19. The molecule has 0 radical (unpaired) electrons. The molecule has 1 heterocycles. The molecule has 0 aliphatic heterocycles. The minimum Gasteiger partial charge on any atom is -0.489 e. The third-order valence-corrected chi connectivity index (χ3v) is 3.53. The van der Waals surface area contributed by atoms with Crippen LogP contribution in [0.4, 0.5) is 5.69 Å². The van der Waals surface area contributed by atoms with Crippen molar-refractivity contribution >= 4 is 15.7 Å². The van der Waals surface area contributed by atoms with Crippen molar-refractivity contribution in [1.82, 2.24) is 5.16 Å². The number of sulfonamides is 1. The highest BCUT2D eigenvalue weighted by Gasteiger charge is 2.14. The summed E-state index contributed by atoms with van der Waals surface area (Å²) in [6.45, 7) is 3.90. The van der Waals surface area contributed by atoms with Crippen LogP contribution in [-0.2, 0) is 15.8 Å². The van der Waals surface area contributed by atoms with Gasteiger partial charge in [0.1, 0.15) is 30.1 Å². The van der Waals surface area contributed by atoms with E-state index < -0.39 is 10.0 Å². The van der Waals surface area contributed by atoms with Gasteiger partial charge in [-0.1, -0.05) is 23.9 Å². The second kappa shape index (κ2) is 6.25. The smallest absolute Gasteiger partial charge is 0.238 e. The molecule has 1 N–H and O–H groups in total. The Balaban J connectivity index is 2.06. The first-order valence-electron chi connectivity index (χ1n) is 5.82. The molecule has 2 aromatic rings. The Labute approximate surface area is 117 Å². The van der Waals surface area contributed by atoms with Crippen LogP contribution in [-0.4, -0.2) is 20.2 Å². The molecule has 0 atom stereocenters. The van der Waals surface area contributed by atoms with E-state index in [1.165, 1.54) is 12.3 Å². The van der Waals surface area contributed by atoms with E-state index in [4.69, 9.17) is 4.74 Å². The number of nitrogens with zero attached hydrogens (tertiary/aromatic N) is 1. The van der Waals surface area contributed by atoms with Crippen LogP contribution in [0, 0.1) is 0 Å². The lowest BCUT2D eigenvalue weighted by molar-refractivity contribution is 0.363. The molecule has 20 heavy (non-hydrogen) atoms. The van der Waals surface area contributed by atoms with Gasteiger partial charge in [-0.3, -0.25) is 4.72 Å². The maximum atomic E-state index is 11.9. The molecule has 0 saturated heterocycles. The molecule has 0 aliphatic rings. The van der Waals surface area contributed by atoms with E-state index in [9.17, 15) is 8.42 Å². The van der Waals surface area contributed by atoms with Crippen molar-refractivity contribution in [3.8, 4) is 5.75 Å². The molecular weight excluding hydrogens is 280 g/mol. The van der Waals surface area contributed by atoms with Gasteiger partial charge in [0.15, 0.2) is 0 Å². The number of ether oxygens (including phenoxy) is 1. The van der Waals surface area contributed by atoms with Crippen LogP contribution in [0.3, 0.4) is 0 Å². The second-order valence-electron chi connectivity index (χ2n) is 3.98. The van der Waals surface area contributed by atoms with Crippen LogP contribution in [0.5, 0.6) is 5.75 Å². The Morgan fingerprint density at radius 3 is 2.95 bits per heavy atom. The molecule has 0 fully saturated rings. The van der Waals surface area contributed by atoms with Gasteiger partial charge in [0.2, 0.25) is 10.0 Å². The predicted molar refractivity (Wildman–Crippen MR) is 74.9 cm³/mol. The van der Waals surface area contributed by atoms with Crippen molar-refractivity contribution in [1.29, 1.82) is 0 Å². The molecule has 7 heteroatoms. The number of rotatable bonds is 7. The van der Waals surface area contributed by atoms with Gasteiger partial charge in [-0.15, -0.1) is 0 Å².